The van der Waals surface area contributed by atoms with Crippen LogP contribution in [0.5, 0.6) is 0 Å². The average molecular weight is 381 g/mol. The van der Waals surface area contributed by atoms with E-state index >= 15 is 0 Å². The summed E-state index contributed by atoms with van der Waals surface area (Å²) in [4.78, 5) is 49.1. The first-order valence-corrected chi connectivity index (χ1v) is 8.91. The van der Waals surface area contributed by atoms with Crippen molar-refractivity contribution < 1.29 is 28.7 Å². The minimum atomic E-state index is -0.484. The van der Waals surface area contributed by atoms with Gasteiger partial charge in [-0.3, -0.25) is 19.3 Å². The van der Waals surface area contributed by atoms with Crippen LogP contribution in [0.1, 0.15) is 43.9 Å². The molecule has 2 aromatic rings. The molecular formula is C21H19NO6. The summed E-state index contributed by atoms with van der Waals surface area (Å²) < 4.78 is 10.0. The number of hydrogen-bond donors (Lipinski definition) is 0. The van der Waals surface area contributed by atoms with Crippen LogP contribution in [0.4, 0.5) is 0 Å². The lowest BCUT2D eigenvalue weighted by atomic mass is 10.1. The molecule has 2 amide bonds. The van der Waals surface area contributed by atoms with Crippen LogP contribution in [0.15, 0.2) is 54.6 Å². The second-order valence-corrected chi connectivity index (χ2v) is 6.13. The number of imide groups is 1. The molecule has 0 saturated carbocycles. The van der Waals surface area contributed by atoms with Gasteiger partial charge >= 0.3 is 11.9 Å². The highest BCUT2D eigenvalue weighted by molar-refractivity contribution is 6.21. The van der Waals surface area contributed by atoms with Crippen LogP contribution < -0.4 is 0 Å². The first-order chi connectivity index (χ1) is 13.6. The summed E-state index contributed by atoms with van der Waals surface area (Å²) in [5.41, 5.74) is 1.19. The molecular weight excluding hydrogens is 362 g/mol. The first-order valence-electron chi connectivity index (χ1n) is 8.91. The van der Waals surface area contributed by atoms with E-state index in [-0.39, 0.29) is 38.0 Å². The van der Waals surface area contributed by atoms with Crippen molar-refractivity contribution in [2.24, 2.45) is 0 Å². The van der Waals surface area contributed by atoms with Gasteiger partial charge in [0.15, 0.2) is 0 Å². The van der Waals surface area contributed by atoms with Crippen molar-refractivity contribution in [3.05, 3.63) is 71.3 Å². The number of nitrogens with zero attached hydrogens (tertiary/aromatic N) is 1. The Morgan fingerprint density at radius 3 is 2.00 bits per heavy atom. The van der Waals surface area contributed by atoms with E-state index < -0.39 is 11.9 Å². The van der Waals surface area contributed by atoms with Gasteiger partial charge in [0.05, 0.1) is 16.7 Å². The summed E-state index contributed by atoms with van der Waals surface area (Å²) in [6.07, 6.45) is 0.355. The van der Waals surface area contributed by atoms with Crippen molar-refractivity contribution in [1.82, 2.24) is 4.90 Å². The molecule has 0 atom stereocenters. The molecule has 0 N–H and O–H groups in total. The van der Waals surface area contributed by atoms with Crippen molar-refractivity contribution in [1.29, 1.82) is 0 Å². The maximum atomic E-state index is 12.2. The van der Waals surface area contributed by atoms with Crippen molar-refractivity contribution in [3.63, 3.8) is 0 Å². The molecule has 7 heteroatoms. The lowest BCUT2D eigenvalue weighted by Crippen LogP contribution is -2.31. The second kappa shape index (κ2) is 8.94. The van der Waals surface area contributed by atoms with E-state index in [9.17, 15) is 19.2 Å². The van der Waals surface area contributed by atoms with Crippen LogP contribution >= 0.6 is 0 Å². The van der Waals surface area contributed by atoms with Gasteiger partial charge in [0.1, 0.15) is 13.2 Å². The van der Waals surface area contributed by atoms with Crippen LogP contribution in [0.2, 0.25) is 0 Å². The quantitative estimate of drug-likeness (QED) is 0.396. The SMILES string of the molecule is O=C(CCCN1C(=O)c2ccccc2C1=O)OCCOC(=O)c1ccccc1. The molecule has 1 aliphatic heterocycles. The van der Waals surface area contributed by atoms with E-state index in [1.54, 1.807) is 54.6 Å². The summed E-state index contributed by atoms with van der Waals surface area (Å²) >= 11 is 0. The van der Waals surface area contributed by atoms with Crippen LogP contribution in [-0.4, -0.2) is 48.4 Å². The maximum Gasteiger partial charge on any atom is 0.338 e. The Kier molecular flexibility index (Phi) is 6.16. The molecule has 0 unspecified atom stereocenters. The van der Waals surface area contributed by atoms with E-state index in [0.717, 1.165) is 4.90 Å². The van der Waals surface area contributed by atoms with Gasteiger partial charge in [-0.25, -0.2) is 4.79 Å². The molecule has 0 radical (unpaired) electrons. The highest BCUT2D eigenvalue weighted by Crippen LogP contribution is 2.22. The zero-order valence-electron chi connectivity index (χ0n) is 15.1. The van der Waals surface area contributed by atoms with Crippen LogP contribution in [0.25, 0.3) is 0 Å². The fourth-order valence-corrected chi connectivity index (χ4v) is 2.84. The van der Waals surface area contributed by atoms with Gasteiger partial charge in [0.2, 0.25) is 0 Å². The first kappa shape index (κ1) is 19.3. The molecule has 0 bridgehead atoms. The van der Waals surface area contributed by atoms with Crippen LogP contribution in [0, 0.1) is 0 Å². The highest BCUT2D eigenvalue weighted by Gasteiger charge is 2.34. The third kappa shape index (κ3) is 4.43. The molecule has 0 fully saturated rings. The molecule has 0 saturated heterocycles. The summed E-state index contributed by atoms with van der Waals surface area (Å²) in [6.45, 7) is 0.0484. The smallest absolute Gasteiger partial charge is 0.338 e. The van der Waals surface area contributed by atoms with Gasteiger partial charge in [0, 0.05) is 13.0 Å². The number of carbonyl (C=O) groups excluding carboxylic acids is 4. The van der Waals surface area contributed by atoms with Gasteiger partial charge in [-0.1, -0.05) is 30.3 Å². The zero-order valence-corrected chi connectivity index (χ0v) is 15.1. The van der Waals surface area contributed by atoms with Crippen LogP contribution in [-0.2, 0) is 14.3 Å². The Labute approximate surface area is 161 Å². The van der Waals surface area contributed by atoms with Gasteiger partial charge in [-0.2, -0.15) is 0 Å². The number of benzene rings is 2. The van der Waals surface area contributed by atoms with Gasteiger partial charge in [-0.15, -0.1) is 0 Å². The minimum Gasteiger partial charge on any atom is -0.462 e. The topological polar surface area (TPSA) is 90.0 Å². The molecule has 3 rings (SSSR count). The number of amides is 2. The Morgan fingerprint density at radius 1 is 0.786 bits per heavy atom. The number of carbonyl (C=O) groups is 4. The van der Waals surface area contributed by atoms with Crippen molar-refractivity contribution >= 4 is 23.8 Å². The molecule has 144 valence electrons. The lowest BCUT2D eigenvalue weighted by molar-refractivity contribution is -0.144. The Morgan fingerprint density at radius 2 is 1.36 bits per heavy atom. The van der Waals surface area contributed by atoms with Gasteiger partial charge < -0.3 is 9.47 Å². The Hall–Kier alpha value is -3.48. The standard InChI is InChI=1S/C21H19NO6/c23-18(27-13-14-28-21(26)15-7-2-1-3-8-15)11-6-12-22-19(24)16-9-4-5-10-17(16)20(22)25/h1-5,7-10H,6,11-14H2. The fourth-order valence-electron chi connectivity index (χ4n) is 2.84. The maximum absolute atomic E-state index is 12.2. The molecule has 0 aromatic heterocycles. The molecule has 0 aliphatic carbocycles. The van der Waals surface area contributed by atoms with E-state index in [4.69, 9.17) is 9.47 Å². The number of ether oxygens (including phenoxy) is 2. The van der Waals surface area contributed by atoms with Crippen molar-refractivity contribution in [2.75, 3.05) is 19.8 Å². The average Bonchev–Trinajstić information content (AvgIpc) is 2.97. The second-order valence-electron chi connectivity index (χ2n) is 6.13. The molecule has 1 aliphatic rings. The summed E-state index contributed by atoms with van der Waals surface area (Å²) in [7, 11) is 0. The van der Waals surface area contributed by atoms with Gasteiger partial charge in [0.25, 0.3) is 11.8 Å². The van der Waals surface area contributed by atoms with E-state index in [1.807, 2.05) is 0 Å². The van der Waals surface area contributed by atoms with Gasteiger partial charge in [-0.05, 0) is 30.7 Å². The third-order valence-corrected chi connectivity index (χ3v) is 4.23. The molecule has 28 heavy (non-hydrogen) atoms. The molecule has 1 heterocycles. The summed E-state index contributed by atoms with van der Waals surface area (Å²) in [6, 6.07) is 15.1. The largest absolute Gasteiger partial charge is 0.462 e. The number of fused-ring (bicyclic) bond motifs is 1. The highest BCUT2D eigenvalue weighted by atomic mass is 16.6. The molecule has 7 nitrogen and oxygen atoms in total. The Bertz CT molecular complexity index is 858. The van der Waals surface area contributed by atoms with E-state index in [0.29, 0.717) is 23.1 Å². The number of esters is 2. The van der Waals surface area contributed by atoms with Crippen molar-refractivity contribution in [3.8, 4) is 0 Å². The van der Waals surface area contributed by atoms with Crippen molar-refractivity contribution in [2.45, 2.75) is 12.8 Å². The van der Waals surface area contributed by atoms with Crippen LogP contribution in [0.3, 0.4) is 0 Å². The Balaban J connectivity index is 1.34. The minimum absolute atomic E-state index is 0.0438. The van der Waals surface area contributed by atoms with E-state index in [1.165, 1.54) is 0 Å². The third-order valence-electron chi connectivity index (χ3n) is 4.23. The zero-order chi connectivity index (χ0) is 19.9. The normalized spacial score (nSPS) is 12.6. The number of rotatable bonds is 8. The predicted molar refractivity (Wildman–Crippen MR) is 98.7 cm³/mol. The lowest BCUT2D eigenvalue weighted by Gasteiger charge is -2.13. The monoisotopic (exact) mass is 381 g/mol. The van der Waals surface area contributed by atoms with E-state index in [2.05, 4.69) is 0 Å². The summed E-state index contributed by atoms with van der Waals surface area (Å²) in [5, 5.41) is 0. The molecule has 0 spiro atoms. The summed E-state index contributed by atoms with van der Waals surface area (Å²) in [5.74, 6) is -1.65. The predicted octanol–water partition coefficient (Wildman–Crippen LogP) is 2.46. The number of hydrogen-bond acceptors (Lipinski definition) is 6. The fraction of sp³-hybridized carbons (Fsp3) is 0.238. The molecule has 2 aromatic carbocycles.